The summed E-state index contributed by atoms with van der Waals surface area (Å²) in [6, 6.07) is 41.4. The fraction of sp³-hybridized carbons (Fsp3) is 0.0732. The molecule has 1 N–H and O–H groups in total. The lowest BCUT2D eigenvalue weighted by atomic mass is 9.83. The molecule has 0 radical (unpaired) electrons. The van der Waals surface area contributed by atoms with E-state index in [1.807, 2.05) is 54.7 Å². The smallest absolute Gasteiger partial charge is 0.309 e. The third-order valence-electron chi connectivity index (χ3n) is 8.59. The average molecular weight is 661 g/mol. The quantitative estimate of drug-likeness (QED) is 0.0761. The van der Waals surface area contributed by atoms with Crippen LogP contribution in [0.3, 0.4) is 0 Å². The van der Waals surface area contributed by atoms with Crippen molar-refractivity contribution >= 4 is 64.1 Å². The first-order valence-electron chi connectivity index (χ1n) is 15.8. The number of hydrogen-bond acceptors (Lipinski definition) is 6. The van der Waals surface area contributed by atoms with Crippen molar-refractivity contribution < 1.29 is 14.4 Å². The number of imide groups is 1. The van der Waals surface area contributed by atoms with E-state index < -0.39 is 17.4 Å². The molecule has 6 aromatic rings. The van der Waals surface area contributed by atoms with Gasteiger partial charge in [0.2, 0.25) is 0 Å². The van der Waals surface area contributed by atoms with Gasteiger partial charge in [0.1, 0.15) is 0 Å². The fourth-order valence-corrected chi connectivity index (χ4v) is 7.42. The molecule has 3 amide bonds. The first-order chi connectivity index (χ1) is 23.8. The van der Waals surface area contributed by atoms with Crippen LogP contribution >= 0.6 is 11.3 Å². The van der Waals surface area contributed by atoms with Gasteiger partial charge in [-0.15, -0.1) is 11.3 Å². The molecule has 0 atom stereocenters. The van der Waals surface area contributed by atoms with Crippen LogP contribution in [0.15, 0.2) is 145 Å². The number of anilines is 5. The zero-order valence-electron chi connectivity index (χ0n) is 26.9. The van der Waals surface area contributed by atoms with E-state index in [4.69, 9.17) is 4.98 Å². The Labute approximate surface area is 288 Å². The molecule has 240 valence electrons. The van der Waals surface area contributed by atoms with Crippen LogP contribution in [0.25, 0.3) is 16.6 Å². The molecule has 7 rings (SSSR count). The van der Waals surface area contributed by atoms with E-state index in [9.17, 15) is 14.4 Å². The van der Waals surface area contributed by atoms with E-state index >= 15 is 0 Å². The molecule has 7 nitrogen and oxygen atoms in total. The van der Waals surface area contributed by atoms with Crippen molar-refractivity contribution in [3.05, 3.63) is 161 Å². The Morgan fingerprint density at radius 3 is 1.84 bits per heavy atom. The molecule has 0 aliphatic heterocycles. The number of thiophene rings is 1. The van der Waals surface area contributed by atoms with Gasteiger partial charge in [-0.3, -0.25) is 14.6 Å². The van der Waals surface area contributed by atoms with E-state index in [1.165, 1.54) is 11.3 Å². The number of aromatic nitrogens is 1. The number of hydrogen-bond donors (Lipinski definition) is 1. The number of urea groups is 1. The summed E-state index contributed by atoms with van der Waals surface area (Å²) in [7, 11) is 0. The lowest BCUT2D eigenvalue weighted by molar-refractivity contribution is -0.116. The summed E-state index contributed by atoms with van der Waals surface area (Å²) < 4.78 is 0. The molecule has 1 aliphatic carbocycles. The van der Waals surface area contributed by atoms with Crippen molar-refractivity contribution in [1.82, 2.24) is 4.98 Å². The van der Waals surface area contributed by atoms with Crippen molar-refractivity contribution in [2.24, 2.45) is 0 Å². The molecular formula is C41H32N4O3S. The summed E-state index contributed by atoms with van der Waals surface area (Å²) >= 11 is 1.47. The number of carbonyl (C=O) groups excluding carboxylic acids is 3. The van der Waals surface area contributed by atoms with Gasteiger partial charge < -0.3 is 10.2 Å². The van der Waals surface area contributed by atoms with Gasteiger partial charge in [-0.1, -0.05) is 86.6 Å². The third kappa shape index (κ3) is 6.06. The maximum atomic E-state index is 13.9. The lowest BCUT2D eigenvalue weighted by Gasteiger charge is -2.27. The highest BCUT2D eigenvalue weighted by Gasteiger charge is 2.39. The van der Waals surface area contributed by atoms with Gasteiger partial charge in [-0.25, -0.2) is 9.69 Å². The Morgan fingerprint density at radius 1 is 0.714 bits per heavy atom. The van der Waals surface area contributed by atoms with Crippen LogP contribution in [-0.4, -0.2) is 23.2 Å². The molecular weight excluding hydrogens is 629 g/mol. The highest BCUT2D eigenvalue weighted by Crippen LogP contribution is 2.53. The summed E-state index contributed by atoms with van der Waals surface area (Å²) in [5.41, 5.74) is 6.37. The Kier molecular flexibility index (Phi) is 8.46. The van der Waals surface area contributed by atoms with Crippen LogP contribution in [-0.2, 0) is 15.0 Å². The SMILES string of the molecule is CC1(C)c2cc(N(c3ccccc3)c3ccccc3)cnc2-c2sc(/C=C(/C=O)C(=O)N(C(=O)Nc3ccccc3)c3ccccc3)cc21. The van der Waals surface area contributed by atoms with Crippen LogP contribution in [0.2, 0.25) is 0 Å². The number of fused-ring (bicyclic) bond motifs is 3. The Hall–Kier alpha value is -6.12. The fourth-order valence-electron chi connectivity index (χ4n) is 6.13. The van der Waals surface area contributed by atoms with Crippen molar-refractivity contribution in [2.75, 3.05) is 15.1 Å². The standard InChI is InChI=1S/C41H32N4O3S/c1-41(2)35-24-33(44(30-17-9-4-10-18-30)31-19-11-5-12-20-31)26-42-37(35)38-36(41)25-34(49-38)23-28(27-46)39(47)45(32-21-13-6-14-22-32)40(48)43-29-15-7-3-8-16-29/h3-27H,1-2H3,(H,43,48)/b28-23-. The molecule has 8 heteroatoms. The maximum absolute atomic E-state index is 13.9. The van der Waals surface area contributed by atoms with Crippen LogP contribution < -0.4 is 15.1 Å². The minimum atomic E-state index is -0.729. The van der Waals surface area contributed by atoms with Gasteiger partial charge in [0.15, 0.2) is 6.29 Å². The lowest BCUT2D eigenvalue weighted by Crippen LogP contribution is -2.41. The summed E-state index contributed by atoms with van der Waals surface area (Å²) in [4.78, 5) is 49.7. The second-order valence-corrected chi connectivity index (χ2v) is 13.2. The van der Waals surface area contributed by atoms with Crippen LogP contribution in [0, 0.1) is 0 Å². The van der Waals surface area contributed by atoms with Gasteiger partial charge in [0, 0.05) is 27.4 Å². The molecule has 2 heterocycles. The van der Waals surface area contributed by atoms with E-state index in [1.54, 1.807) is 60.7 Å². The normalized spacial score (nSPS) is 12.8. The number of nitrogens with one attached hydrogen (secondary N) is 1. The minimum Gasteiger partial charge on any atom is -0.309 e. The van der Waals surface area contributed by atoms with E-state index in [-0.39, 0.29) is 5.57 Å². The molecule has 0 spiro atoms. The maximum Gasteiger partial charge on any atom is 0.333 e. The molecule has 4 aromatic carbocycles. The van der Waals surface area contributed by atoms with E-state index in [2.05, 4.69) is 54.4 Å². The van der Waals surface area contributed by atoms with Crippen molar-refractivity contribution in [3.8, 4) is 10.6 Å². The van der Waals surface area contributed by atoms with E-state index in [0.29, 0.717) is 17.7 Å². The number of para-hydroxylation sites is 4. The highest BCUT2D eigenvalue weighted by molar-refractivity contribution is 7.16. The molecule has 0 fully saturated rings. The Bertz CT molecular complexity index is 2140. The molecule has 1 aliphatic rings. The largest absolute Gasteiger partial charge is 0.333 e. The predicted molar refractivity (Wildman–Crippen MR) is 198 cm³/mol. The average Bonchev–Trinajstić information content (AvgIpc) is 3.65. The second kappa shape index (κ2) is 13.2. The number of pyridine rings is 1. The molecule has 49 heavy (non-hydrogen) atoms. The summed E-state index contributed by atoms with van der Waals surface area (Å²) in [6.07, 6.45) is 3.95. The first kappa shape index (κ1) is 31.5. The minimum absolute atomic E-state index is 0.144. The van der Waals surface area contributed by atoms with E-state index in [0.717, 1.165) is 48.5 Å². The first-order valence-corrected chi connectivity index (χ1v) is 16.6. The summed E-state index contributed by atoms with van der Waals surface area (Å²) in [5, 5.41) is 2.76. The Morgan fingerprint density at radius 2 is 1.27 bits per heavy atom. The van der Waals surface area contributed by atoms with Gasteiger partial charge in [-0.2, -0.15) is 0 Å². The van der Waals surface area contributed by atoms with Gasteiger partial charge in [-0.05, 0) is 77.9 Å². The zero-order chi connectivity index (χ0) is 34.0. The number of aldehydes is 1. The van der Waals surface area contributed by atoms with Crippen LogP contribution in [0.4, 0.5) is 33.2 Å². The number of benzene rings is 4. The molecule has 0 saturated heterocycles. The van der Waals surface area contributed by atoms with Gasteiger partial charge >= 0.3 is 6.03 Å². The van der Waals surface area contributed by atoms with Crippen LogP contribution in [0.5, 0.6) is 0 Å². The van der Waals surface area contributed by atoms with Crippen molar-refractivity contribution in [2.45, 2.75) is 19.3 Å². The van der Waals surface area contributed by atoms with Crippen molar-refractivity contribution in [1.29, 1.82) is 0 Å². The Balaban J connectivity index is 1.23. The van der Waals surface area contributed by atoms with Crippen LogP contribution in [0.1, 0.15) is 29.9 Å². The zero-order valence-corrected chi connectivity index (χ0v) is 27.7. The molecule has 0 saturated carbocycles. The second-order valence-electron chi connectivity index (χ2n) is 12.1. The highest BCUT2D eigenvalue weighted by atomic mass is 32.1. The third-order valence-corrected chi connectivity index (χ3v) is 9.68. The predicted octanol–water partition coefficient (Wildman–Crippen LogP) is 9.77. The number of rotatable bonds is 8. The number of carbonyl (C=O) groups is 3. The molecule has 0 bridgehead atoms. The summed E-state index contributed by atoms with van der Waals surface area (Å²) in [6.45, 7) is 4.32. The topological polar surface area (TPSA) is 82.6 Å². The monoisotopic (exact) mass is 660 g/mol. The summed E-state index contributed by atoms with van der Waals surface area (Å²) in [5.74, 6) is -0.729. The van der Waals surface area contributed by atoms with Crippen molar-refractivity contribution in [3.63, 3.8) is 0 Å². The van der Waals surface area contributed by atoms with Gasteiger partial charge in [0.05, 0.1) is 33.7 Å². The molecule has 0 unspecified atom stereocenters. The molecule has 2 aromatic heterocycles. The number of nitrogens with zero attached hydrogens (tertiary/aromatic N) is 3. The number of amides is 3. The van der Waals surface area contributed by atoms with Gasteiger partial charge in [0.25, 0.3) is 5.91 Å².